The normalized spacial score (nSPS) is 27.3. The van der Waals surface area contributed by atoms with Gasteiger partial charge in [-0.3, -0.25) is 9.88 Å². The Hall–Kier alpha value is -1.17. The molecular weight excluding hydrogens is 306 g/mol. The number of aromatic nitrogens is 1. The van der Waals surface area contributed by atoms with Crippen molar-refractivity contribution in [2.45, 2.75) is 56.7 Å². The average molecular weight is 331 g/mol. The van der Waals surface area contributed by atoms with Gasteiger partial charge in [0.15, 0.2) is 0 Å². The summed E-state index contributed by atoms with van der Waals surface area (Å²) in [7, 11) is 0. The SMILES string of the molecule is OC1CCCCC1N1CCC(Nc2ccnc3ccsc23)CC1. The summed E-state index contributed by atoms with van der Waals surface area (Å²) in [5.74, 6) is 0. The fraction of sp³-hybridized carbons (Fsp3) is 0.611. The van der Waals surface area contributed by atoms with Crippen molar-refractivity contribution in [2.75, 3.05) is 18.4 Å². The predicted octanol–water partition coefficient (Wildman–Crippen LogP) is 3.48. The Balaban J connectivity index is 1.37. The van der Waals surface area contributed by atoms with Gasteiger partial charge in [0.25, 0.3) is 0 Å². The highest BCUT2D eigenvalue weighted by Crippen LogP contribution is 2.30. The van der Waals surface area contributed by atoms with Gasteiger partial charge in [-0.05, 0) is 43.2 Å². The molecule has 0 amide bonds. The minimum absolute atomic E-state index is 0.112. The zero-order chi connectivity index (χ0) is 15.6. The number of aliphatic hydroxyl groups is 1. The number of likely N-dealkylation sites (tertiary alicyclic amines) is 1. The molecule has 3 heterocycles. The lowest BCUT2D eigenvalue weighted by molar-refractivity contribution is 0.00994. The molecule has 1 aliphatic carbocycles. The van der Waals surface area contributed by atoms with E-state index < -0.39 is 0 Å². The zero-order valence-corrected chi connectivity index (χ0v) is 14.3. The van der Waals surface area contributed by atoms with Gasteiger partial charge in [-0.2, -0.15) is 0 Å². The molecule has 0 aromatic carbocycles. The molecule has 0 spiro atoms. The van der Waals surface area contributed by atoms with Crippen LogP contribution in [0.5, 0.6) is 0 Å². The third kappa shape index (κ3) is 3.23. The number of thiophene rings is 1. The molecule has 2 atom stereocenters. The van der Waals surface area contributed by atoms with Gasteiger partial charge in [-0.25, -0.2) is 0 Å². The van der Waals surface area contributed by atoms with Gasteiger partial charge in [0.1, 0.15) is 0 Å². The number of piperidine rings is 1. The van der Waals surface area contributed by atoms with Crippen molar-refractivity contribution in [3.8, 4) is 0 Å². The molecule has 23 heavy (non-hydrogen) atoms. The van der Waals surface area contributed by atoms with E-state index in [1.54, 1.807) is 11.3 Å². The van der Waals surface area contributed by atoms with E-state index in [-0.39, 0.29) is 6.10 Å². The van der Waals surface area contributed by atoms with Crippen LogP contribution in [0.4, 0.5) is 5.69 Å². The van der Waals surface area contributed by atoms with Crippen LogP contribution in [-0.4, -0.2) is 46.3 Å². The molecule has 2 aliphatic rings. The van der Waals surface area contributed by atoms with E-state index in [2.05, 4.69) is 32.7 Å². The number of nitrogens with zero attached hydrogens (tertiary/aromatic N) is 2. The molecule has 2 N–H and O–H groups in total. The molecule has 0 bridgehead atoms. The summed E-state index contributed by atoms with van der Waals surface area (Å²) in [4.78, 5) is 6.93. The summed E-state index contributed by atoms with van der Waals surface area (Å²) >= 11 is 1.76. The second kappa shape index (κ2) is 6.75. The van der Waals surface area contributed by atoms with Crippen LogP contribution in [-0.2, 0) is 0 Å². The molecule has 1 saturated heterocycles. The lowest BCUT2D eigenvalue weighted by Crippen LogP contribution is -2.50. The van der Waals surface area contributed by atoms with E-state index in [1.807, 2.05) is 6.20 Å². The van der Waals surface area contributed by atoms with Crippen LogP contribution in [0, 0.1) is 0 Å². The Morgan fingerprint density at radius 2 is 1.96 bits per heavy atom. The van der Waals surface area contributed by atoms with Gasteiger partial charge in [0, 0.05) is 31.4 Å². The Labute approximate surface area is 141 Å². The van der Waals surface area contributed by atoms with Crippen molar-refractivity contribution in [3.05, 3.63) is 23.7 Å². The maximum absolute atomic E-state index is 10.3. The fourth-order valence-corrected chi connectivity index (χ4v) is 4.93. The minimum Gasteiger partial charge on any atom is -0.391 e. The number of anilines is 1. The summed E-state index contributed by atoms with van der Waals surface area (Å²) < 4.78 is 1.26. The van der Waals surface area contributed by atoms with Crippen molar-refractivity contribution < 1.29 is 5.11 Å². The van der Waals surface area contributed by atoms with Crippen LogP contribution in [0.3, 0.4) is 0 Å². The molecule has 4 rings (SSSR count). The average Bonchev–Trinajstić information content (AvgIpc) is 3.06. The van der Waals surface area contributed by atoms with Crippen molar-refractivity contribution in [2.24, 2.45) is 0 Å². The first-order chi connectivity index (χ1) is 11.3. The number of rotatable bonds is 3. The van der Waals surface area contributed by atoms with Crippen LogP contribution in [0.15, 0.2) is 23.7 Å². The lowest BCUT2D eigenvalue weighted by Gasteiger charge is -2.41. The molecule has 2 unspecified atom stereocenters. The van der Waals surface area contributed by atoms with E-state index in [0.29, 0.717) is 12.1 Å². The Bertz CT molecular complexity index is 651. The molecule has 2 aromatic rings. The largest absolute Gasteiger partial charge is 0.391 e. The molecular formula is C18H25N3OS. The third-order valence-electron chi connectivity index (χ3n) is 5.40. The Kier molecular flexibility index (Phi) is 4.51. The van der Waals surface area contributed by atoms with E-state index in [4.69, 9.17) is 0 Å². The maximum Gasteiger partial charge on any atom is 0.0830 e. The van der Waals surface area contributed by atoms with Crippen LogP contribution in [0.25, 0.3) is 10.2 Å². The minimum atomic E-state index is -0.112. The highest BCUT2D eigenvalue weighted by atomic mass is 32.1. The number of aliphatic hydroxyl groups excluding tert-OH is 1. The number of fused-ring (bicyclic) bond motifs is 1. The summed E-state index contributed by atoms with van der Waals surface area (Å²) in [5.41, 5.74) is 2.31. The highest BCUT2D eigenvalue weighted by molar-refractivity contribution is 7.17. The van der Waals surface area contributed by atoms with Crippen LogP contribution < -0.4 is 5.32 Å². The van der Waals surface area contributed by atoms with Gasteiger partial charge in [0.05, 0.1) is 22.0 Å². The second-order valence-corrected chi connectivity index (χ2v) is 7.78. The fourth-order valence-electron chi connectivity index (χ4n) is 4.10. The van der Waals surface area contributed by atoms with Crippen molar-refractivity contribution >= 4 is 27.2 Å². The molecule has 124 valence electrons. The molecule has 2 fully saturated rings. The van der Waals surface area contributed by atoms with Crippen LogP contribution in [0.2, 0.25) is 0 Å². The molecule has 0 radical (unpaired) electrons. The van der Waals surface area contributed by atoms with E-state index in [1.165, 1.54) is 29.6 Å². The monoisotopic (exact) mass is 331 g/mol. The first kappa shape index (κ1) is 15.4. The van der Waals surface area contributed by atoms with Gasteiger partial charge < -0.3 is 10.4 Å². The highest BCUT2D eigenvalue weighted by Gasteiger charge is 2.31. The molecule has 5 heteroatoms. The predicted molar refractivity (Wildman–Crippen MR) is 96.1 cm³/mol. The van der Waals surface area contributed by atoms with E-state index in [0.717, 1.165) is 37.9 Å². The number of pyridine rings is 1. The number of hydrogen-bond donors (Lipinski definition) is 2. The van der Waals surface area contributed by atoms with Gasteiger partial charge >= 0.3 is 0 Å². The maximum atomic E-state index is 10.3. The van der Waals surface area contributed by atoms with Gasteiger partial charge in [-0.1, -0.05) is 12.8 Å². The number of hydrogen-bond acceptors (Lipinski definition) is 5. The summed E-state index contributed by atoms with van der Waals surface area (Å²) in [6.07, 6.45) is 8.69. The smallest absolute Gasteiger partial charge is 0.0830 e. The molecule has 1 saturated carbocycles. The zero-order valence-electron chi connectivity index (χ0n) is 13.4. The molecule has 1 aliphatic heterocycles. The van der Waals surface area contributed by atoms with E-state index in [9.17, 15) is 5.11 Å². The quantitative estimate of drug-likeness (QED) is 0.904. The first-order valence-corrected chi connectivity index (χ1v) is 9.70. The van der Waals surface area contributed by atoms with Crippen LogP contribution in [0.1, 0.15) is 38.5 Å². The Morgan fingerprint density at radius 3 is 2.78 bits per heavy atom. The molecule has 4 nitrogen and oxygen atoms in total. The Morgan fingerprint density at radius 1 is 1.13 bits per heavy atom. The summed E-state index contributed by atoms with van der Waals surface area (Å²) in [6, 6.07) is 5.10. The molecule has 2 aromatic heterocycles. The van der Waals surface area contributed by atoms with Crippen molar-refractivity contribution in [3.63, 3.8) is 0 Å². The lowest BCUT2D eigenvalue weighted by atomic mass is 9.89. The standard InChI is InChI=1S/C18H25N3OS/c22-17-4-2-1-3-16(17)21-10-6-13(7-11-21)20-15-5-9-19-14-8-12-23-18(14)15/h5,8-9,12-13,16-17,22H,1-4,6-7,10-11H2,(H,19,20). The van der Waals surface area contributed by atoms with Gasteiger partial charge in [0.2, 0.25) is 0 Å². The van der Waals surface area contributed by atoms with Crippen molar-refractivity contribution in [1.82, 2.24) is 9.88 Å². The van der Waals surface area contributed by atoms with E-state index >= 15 is 0 Å². The second-order valence-electron chi connectivity index (χ2n) is 6.87. The first-order valence-electron chi connectivity index (χ1n) is 8.82. The van der Waals surface area contributed by atoms with Crippen molar-refractivity contribution in [1.29, 1.82) is 0 Å². The third-order valence-corrected chi connectivity index (χ3v) is 6.33. The number of nitrogens with one attached hydrogen (secondary N) is 1. The van der Waals surface area contributed by atoms with Gasteiger partial charge in [-0.15, -0.1) is 11.3 Å². The van der Waals surface area contributed by atoms with Crippen LogP contribution >= 0.6 is 11.3 Å². The summed E-state index contributed by atoms with van der Waals surface area (Å²) in [5, 5.41) is 16.1. The summed E-state index contributed by atoms with van der Waals surface area (Å²) in [6.45, 7) is 2.19. The topological polar surface area (TPSA) is 48.4 Å².